The maximum atomic E-state index is 11.0. The number of rotatable bonds is 4. The summed E-state index contributed by atoms with van der Waals surface area (Å²) in [6, 6.07) is 16.1. The van der Waals surface area contributed by atoms with Gasteiger partial charge in [-0.25, -0.2) is 4.79 Å². The van der Waals surface area contributed by atoms with Crippen LogP contribution in [0, 0.1) is 0 Å². The van der Waals surface area contributed by atoms with Crippen LogP contribution in [0.15, 0.2) is 54.6 Å². The highest BCUT2D eigenvalue weighted by Crippen LogP contribution is 2.24. The van der Waals surface area contributed by atoms with E-state index in [1.54, 1.807) is 24.3 Å². The molecule has 0 radical (unpaired) electrons. The number of halogens is 1. The lowest BCUT2D eigenvalue weighted by Crippen LogP contribution is -2.41. The molecule has 0 heterocycles. The molecule has 0 spiro atoms. The van der Waals surface area contributed by atoms with Gasteiger partial charge in [-0.1, -0.05) is 30.3 Å². The van der Waals surface area contributed by atoms with E-state index in [-0.39, 0.29) is 12.4 Å². The first-order chi connectivity index (χ1) is 9.00. The topological polar surface area (TPSA) is 72.6 Å². The molecule has 0 fully saturated rings. The van der Waals surface area contributed by atoms with E-state index in [2.05, 4.69) is 0 Å². The Morgan fingerprint density at radius 1 is 1.05 bits per heavy atom. The van der Waals surface area contributed by atoms with Crippen LogP contribution in [-0.4, -0.2) is 11.1 Å². The van der Waals surface area contributed by atoms with Crippen LogP contribution >= 0.6 is 12.4 Å². The molecule has 0 saturated carbocycles. The molecule has 0 amide bonds. The maximum Gasteiger partial charge on any atom is 0.328 e. The molecule has 0 aliphatic rings. The lowest BCUT2D eigenvalue weighted by Gasteiger charge is -2.19. The molecule has 106 valence electrons. The number of hydrogen-bond acceptors (Lipinski definition) is 3. The summed E-state index contributed by atoms with van der Waals surface area (Å²) in [6.45, 7) is 1.46. The van der Waals surface area contributed by atoms with Gasteiger partial charge in [0.25, 0.3) is 0 Å². The van der Waals surface area contributed by atoms with Crippen molar-refractivity contribution in [2.45, 2.75) is 12.5 Å². The van der Waals surface area contributed by atoms with Crippen molar-refractivity contribution in [3.05, 3.63) is 60.2 Å². The molecular formula is C15H16ClNO3. The van der Waals surface area contributed by atoms with Gasteiger partial charge in [-0.15, -0.1) is 12.4 Å². The summed E-state index contributed by atoms with van der Waals surface area (Å²) in [5, 5.41) is 9.04. The van der Waals surface area contributed by atoms with E-state index in [0.29, 0.717) is 11.3 Å². The molecule has 0 bridgehead atoms. The van der Waals surface area contributed by atoms with Gasteiger partial charge in [0.1, 0.15) is 17.0 Å². The van der Waals surface area contributed by atoms with Crippen LogP contribution in [0.3, 0.4) is 0 Å². The third-order valence-corrected chi connectivity index (χ3v) is 2.88. The average Bonchev–Trinajstić information content (AvgIpc) is 2.40. The van der Waals surface area contributed by atoms with Crippen molar-refractivity contribution in [3.8, 4) is 11.5 Å². The molecule has 3 N–H and O–H groups in total. The highest BCUT2D eigenvalue weighted by Gasteiger charge is 2.29. The average molecular weight is 294 g/mol. The Bertz CT molecular complexity index is 567. The van der Waals surface area contributed by atoms with E-state index in [1.807, 2.05) is 30.3 Å². The zero-order valence-electron chi connectivity index (χ0n) is 10.9. The van der Waals surface area contributed by atoms with Gasteiger partial charge in [0.15, 0.2) is 0 Å². The number of hydrogen-bond donors (Lipinski definition) is 2. The van der Waals surface area contributed by atoms with Gasteiger partial charge in [0, 0.05) is 0 Å². The fourth-order valence-corrected chi connectivity index (χ4v) is 1.62. The molecule has 2 rings (SSSR count). The molecule has 0 aromatic heterocycles. The Kier molecular flexibility index (Phi) is 5.13. The van der Waals surface area contributed by atoms with Crippen LogP contribution in [0.1, 0.15) is 12.5 Å². The molecule has 0 aliphatic heterocycles. The fraction of sp³-hybridized carbons (Fsp3) is 0.133. The van der Waals surface area contributed by atoms with E-state index in [1.165, 1.54) is 6.92 Å². The Morgan fingerprint density at radius 2 is 1.55 bits per heavy atom. The standard InChI is InChI=1S/C15H15NO3.ClH/c1-15(16,14(17)18)11-7-9-13(10-8-11)19-12-5-3-2-4-6-12;/h2-10H,16H2,1H3,(H,17,18);1H. The van der Waals surface area contributed by atoms with Crippen molar-refractivity contribution >= 4 is 18.4 Å². The lowest BCUT2D eigenvalue weighted by atomic mass is 9.93. The SMILES string of the molecule is CC(N)(C(=O)O)c1ccc(Oc2ccccc2)cc1.Cl. The number of ether oxygens (including phenoxy) is 1. The predicted molar refractivity (Wildman–Crippen MR) is 79.4 cm³/mol. The van der Waals surface area contributed by atoms with Crippen LogP contribution in [0.2, 0.25) is 0 Å². The van der Waals surface area contributed by atoms with Gasteiger partial charge in [0.05, 0.1) is 0 Å². The van der Waals surface area contributed by atoms with E-state index < -0.39 is 11.5 Å². The molecule has 20 heavy (non-hydrogen) atoms. The van der Waals surface area contributed by atoms with Gasteiger partial charge in [-0.05, 0) is 36.8 Å². The van der Waals surface area contributed by atoms with Crippen molar-refractivity contribution in [1.82, 2.24) is 0 Å². The largest absolute Gasteiger partial charge is 0.480 e. The molecule has 4 nitrogen and oxygen atoms in total. The summed E-state index contributed by atoms with van der Waals surface area (Å²) in [5.74, 6) is 0.296. The second-order valence-electron chi connectivity index (χ2n) is 4.45. The van der Waals surface area contributed by atoms with Gasteiger partial charge in [-0.3, -0.25) is 0 Å². The summed E-state index contributed by atoms with van der Waals surface area (Å²) in [4.78, 5) is 11.0. The minimum Gasteiger partial charge on any atom is -0.480 e. The predicted octanol–water partition coefficient (Wildman–Crippen LogP) is 3.16. The number of benzene rings is 2. The second kappa shape index (κ2) is 6.41. The third-order valence-electron chi connectivity index (χ3n) is 2.88. The van der Waals surface area contributed by atoms with Crippen molar-refractivity contribution in [2.24, 2.45) is 5.73 Å². The first-order valence-corrected chi connectivity index (χ1v) is 5.86. The molecule has 0 aliphatic carbocycles. The fourth-order valence-electron chi connectivity index (χ4n) is 1.62. The molecule has 0 saturated heterocycles. The van der Waals surface area contributed by atoms with Gasteiger partial charge >= 0.3 is 5.97 Å². The quantitative estimate of drug-likeness (QED) is 0.908. The second-order valence-corrected chi connectivity index (χ2v) is 4.45. The zero-order chi connectivity index (χ0) is 13.9. The van der Waals surface area contributed by atoms with Crippen LogP contribution < -0.4 is 10.5 Å². The number of carboxylic acids is 1. The minimum atomic E-state index is -1.40. The van der Waals surface area contributed by atoms with Crippen molar-refractivity contribution in [2.75, 3.05) is 0 Å². The summed E-state index contributed by atoms with van der Waals surface area (Å²) in [5.41, 5.74) is 4.87. The Balaban J connectivity index is 0.00000200. The maximum absolute atomic E-state index is 11.0. The minimum absolute atomic E-state index is 0. The smallest absolute Gasteiger partial charge is 0.328 e. The number of carboxylic acid groups (broad SMARTS) is 1. The molecule has 1 unspecified atom stereocenters. The van der Waals surface area contributed by atoms with E-state index in [4.69, 9.17) is 15.6 Å². The van der Waals surface area contributed by atoms with Crippen molar-refractivity contribution < 1.29 is 14.6 Å². The van der Waals surface area contributed by atoms with Crippen LogP contribution in [-0.2, 0) is 10.3 Å². The zero-order valence-corrected chi connectivity index (χ0v) is 11.8. The first-order valence-electron chi connectivity index (χ1n) is 5.86. The third kappa shape index (κ3) is 3.50. The molecule has 1 atom stereocenters. The van der Waals surface area contributed by atoms with Crippen molar-refractivity contribution in [3.63, 3.8) is 0 Å². The molecule has 2 aromatic rings. The molecule has 5 heteroatoms. The monoisotopic (exact) mass is 293 g/mol. The van der Waals surface area contributed by atoms with Gasteiger partial charge < -0.3 is 15.6 Å². The highest BCUT2D eigenvalue weighted by molar-refractivity contribution is 5.85. The number of aliphatic carboxylic acids is 1. The normalized spacial score (nSPS) is 12.9. The summed E-state index contributed by atoms with van der Waals surface area (Å²) in [6.07, 6.45) is 0. The number of carbonyl (C=O) groups is 1. The molecule has 2 aromatic carbocycles. The Labute approximate surface area is 123 Å². The van der Waals surface area contributed by atoms with Gasteiger partial charge in [0.2, 0.25) is 0 Å². The van der Waals surface area contributed by atoms with Crippen LogP contribution in [0.25, 0.3) is 0 Å². The van der Waals surface area contributed by atoms with Gasteiger partial charge in [-0.2, -0.15) is 0 Å². The highest BCUT2D eigenvalue weighted by atomic mass is 35.5. The molecular weight excluding hydrogens is 278 g/mol. The van der Waals surface area contributed by atoms with Crippen LogP contribution in [0.4, 0.5) is 0 Å². The van der Waals surface area contributed by atoms with Crippen molar-refractivity contribution in [1.29, 1.82) is 0 Å². The number of nitrogens with two attached hydrogens (primary N) is 1. The summed E-state index contributed by atoms with van der Waals surface area (Å²) < 4.78 is 5.62. The number of para-hydroxylation sites is 1. The summed E-state index contributed by atoms with van der Waals surface area (Å²) in [7, 11) is 0. The Hall–Kier alpha value is -2.04. The lowest BCUT2D eigenvalue weighted by molar-refractivity contribution is -0.143. The van der Waals surface area contributed by atoms with E-state index in [0.717, 1.165) is 5.75 Å². The van der Waals surface area contributed by atoms with Crippen LogP contribution in [0.5, 0.6) is 11.5 Å². The Morgan fingerprint density at radius 3 is 2.05 bits per heavy atom. The van der Waals surface area contributed by atoms with E-state index >= 15 is 0 Å². The van der Waals surface area contributed by atoms with E-state index in [9.17, 15) is 4.79 Å². The summed E-state index contributed by atoms with van der Waals surface area (Å²) >= 11 is 0. The first kappa shape index (κ1) is 16.0.